The third-order valence-electron chi connectivity index (χ3n) is 3.62. The quantitative estimate of drug-likeness (QED) is 0.621. The molecule has 0 bridgehead atoms. The zero-order valence-electron chi connectivity index (χ0n) is 12.4. The summed E-state index contributed by atoms with van der Waals surface area (Å²) in [4.78, 5) is 25.6. The summed E-state index contributed by atoms with van der Waals surface area (Å²) in [6.07, 6.45) is 3.64. The molecule has 0 radical (unpaired) electrons. The number of aromatic nitrogens is 1. The van der Waals surface area contributed by atoms with Crippen LogP contribution in [0.4, 0.5) is 0 Å². The van der Waals surface area contributed by atoms with Gasteiger partial charge in [0.1, 0.15) is 0 Å². The molecule has 0 aliphatic carbocycles. The number of aliphatic carboxylic acids is 1. The topological polar surface area (TPSA) is 102 Å². The molecule has 0 saturated carbocycles. The van der Waals surface area contributed by atoms with Gasteiger partial charge in [0.05, 0.1) is 6.54 Å². The molecule has 118 valence electrons. The molecule has 0 saturated heterocycles. The van der Waals surface area contributed by atoms with E-state index >= 15 is 0 Å². The monoisotopic (exact) mass is 304 g/mol. The Labute approximate surface area is 128 Å². The first-order valence-corrected chi connectivity index (χ1v) is 7.17. The molecular formula is C16H20N2O4. The lowest BCUT2D eigenvalue weighted by Crippen LogP contribution is -2.46. The van der Waals surface area contributed by atoms with Crippen molar-refractivity contribution < 1.29 is 19.8 Å². The third kappa shape index (κ3) is 3.85. The first-order chi connectivity index (χ1) is 10.4. The van der Waals surface area contributed by atoms with Gasteiger partial charge in [-0.3, -0.25) is 4.79 Å². The maximum Gasteiger partial charge on any atom is 0.337 e. The van der Waals surface area contributed by atoms with Gasteiger partial charge >= 0.3 is 5.97 Å². The van der Waals surface area contributed by atoms with Gasteiger partial charge in [0.25, 0.3) is 0 Å². The maximum atomic E-state index is 11.7. The van der Waals surface area contributed by atoms with Gasteiger partial charge in [-0.05, 0) is 31.4 Å². The average molecular weight is 304 g/mol. The fourth-order valence-corrected chi connectivity index (χ4v) is 2.21. The van der Waals surface area contributed by atoms with Gasteiger partial charge in [0.15, 0.2) is 5.60 Å². The second-order valence-electron chi connectivity index (χ2n) is 5.57. The van der Waals surface area contributed by atoms with Crippen molar-refractivity contribution in [2.75, 3.05) is 6.54 Å². The highest BCUT2D eigenvalue weighted by molar-refractivity contribution is 5.83. The molecule has 0 spiro atoms. The van der Waals surface area contributed by atoms with Gasteiger partial charge in [-0.2, -0.15) is 0 Å². The SMILES string of the molecule is CC(O)(CNC(=O)CCCc1c[nH]c2ccccc12)C(=O)O. The molecule has 1 heterocycles. The number of H-pyrrole nitrogens is 1. The smallest absolute Gasteiger partial charge is 0.337 e. The molecule has 1 atom stereocenters. The Morgan fingerprint density at radius 3 is 2.77 bits per heavy atom. The Balaban J connectivity index is 1.79. The molecule has 1 aromatic heterocycles. The highest BCUT2D eigenvalue weighted by atomic mass is 16.4. The van der Waals surface area contributed by atoms with E-state index in [-0.39, 0.29) is 18.9 Å². The zero-order valence-corrected chi connectivity index (χ0v) is 12.4. The van der Waals surface area contributed by atoms with Gasteiger partial charge in [0.2, 0.25) is 5.91 Å². The van der Waals surface area contributed by atoms with E-state index in [1.54, 1.807) is 0 Å². The summed E-state index contributed by atoms with van der Waals surface area (Å²) in [5.74, 6) is -1.62. The number of rotatable bonds is 7. The fraction of sp³-hybridized carbons (Fsp3) is 0.375. The first kappa shape index (κ1) is 16.0. The third-order valence-corrected chi connectivity index (χ3v) is 3.62. The highest BCUT2D eigenvalue weighted by Gasteiger charge is 2.30. The van der Waals surface area contributed by atoms with Gasteiger partial charge in [-0.25, -0.2) is 4.79 Å². The van der Waals surface area contributed by atoms with Crippen LogP contribution in [0.2, 0.25) is 0 Å². The number of hydrogen-bond acceptors (Lipinski definition) is 3. The minimum Gasteiger partial charge on any atom is -0.479 e. The number of carboxylic acids is 1. The molecule has 2 rings (SSSR count). The van der Waals surface area contributed by atoms with Crippen molar-refractivity contribution in [2.24, 2.45) is 0 Å². The van der Waals surface area contributed by atoms with Crippen LogP contribution >= 0.6 is 0 Å². The van der Waals surface area contributed by atoms with E-state index in [0.29, 0.717) is 6.42 Å². The van der Waals surface area contributed by atoms with E-state index in [0.717, 1.165) is 29.8 Å². The summed E-state index contributed by atoms with van der Waals surface area (Å²) in [5, 5.41) is 21.9. The second kappa shape index (κ2) is 6.62. The van der Waals surface area contributed by atoms with Crippen LogP contribution in [-0.2, 0) is 16.0 Å². The number of hydrogen-bond donors (Lipinski definition) is 4. The van der Waals surface area contributed by atoms with Gasteiger partial charge < -0.3 is 20.5 Å². The molecule has 0 aliphatic heterocycles. The molecule has 1 amide bonds. The number of fused-ring (bicyclic) bond motifs is 1. The van der Waals surface area contributed by atoms with Crippen molar-refractivity contribution >= 4 is 22.8 Å². The summed E-state index contributed by atoms with van der Waals surface area (Å²) < 4.78 is 0. The van der Waals surface area contributed by atoms with Crippen molar-refractivity contribution in [3.63, 3.8) is 0 Å². The van der Waals surface area contributed by atoms with Crippen LogP contribution < -0.4 is 5.32 Å². The Morgan fingerprint density at radius 1 is 1.32 bits per heavy atom. The Bertz CT molecular complexity index is 676. The summed E-state index contributed by atoms with van der Waals surface area (Å²) in [6.45, 7) is 0.857. The molecule has 22 heavy (non-hydrogen) atoms. The molecule has 2 aromatic rings. The number of carboxylic acid groups (broad SMARTS) is 1. The standard InChI is InChI=1S/C16H20N2O4/c1-16(22,15(20)21)10-18-14(19)8-4-5-11-9-17-13-7-3-2-6-12(11)13/h2-3,6-7,9,17,22H,4-5,8,10H2,1H3,(H,18,19)(H,20,21). The Kier molecular flexibility index (Phi) is 4.82. The number of benzene rings is 1. The number of nitrogens with one attached hydrogen (secondary N) is 2. The van der Waals surface area contributed by atoms with Crippen LogP contribution in [0.15, 0.2) is 30.5 Å². The minimum atomic E-state index is -1.94. The van der Waals surface area contributed by atoms with Crippen molar-refractivity contribution in [1.82, 2.24) is 10.3 Å². The van der Waals surface area contributed by atoms with Crippen LogP contribution in [0.3, 0.4) is 0 Å². The number of carbonyl (C=O) groups is 2. The molecule has 4 N–H and O–H groups in total. The predicted octanol–water partition coefficient (Wildman–Crippen LogP) is 1.44. The molecule has 1 aromatic carbocycles. The maximum absolute atomic E-state index is 11.7. The number of amides is 1. The lowest BCUT2D eigenvalue weighted by molar-refractivity contribution is -0.156. The normalized spacial score (nSPS) is 13.7. The van der Waals surface area contributed by atoms with E-state index in [2.05, 4.69) is 10.3 Å². The average Bonchev–Trinajstić information content (AvgIpc) is 2.89. The van der Waals surface area contributed by atoms with E-state index in [4.69, 9.17) is 5.11 Å². The molecule has 6 heteroatoms. The molecular weight excluding hydrogens is 284 g/mol. The summed E-state index contributed by atoms with van der Waals surface area (Å²) >= 11 is 0. The molecule has 0 fully saturated rings. The molecule has 0 aliphatic rings. The fourth-order valence-electron chi connectivity index (χ4n) is 2.21. The van der Waals surface area contributed by atoms with E-state index in [1.807, 2.05) is 30.5 Å². The minimum absolute atomic E-state index is 0.263. The lowest BCUT2D eigenvalue weighted by Gasteiger charge is -2.18. The van der Waals surface area contributed by atoms with Crippen LogP contribution in [0, 0.1) is 0 Å². The molecule has 6 nitrogen and oxygen atoms in total. The predicted molar refractivity (Wildman–Crippen MR) is 82.5 cm³/mol. The Morgan fingerprint density at radius 2 is 2.05 bits per heavy atom. The summed E-state index contributed by atoms with van der Waals surface area (Å²) in [7, 11) is 0. The van der Waals surface area contributed by atoms with Gasteiger partial charge in [-0.15, -0.1) is 0 Å². The van der Waals surface area contributed by atoms with Gasteiger partial charge in [0, 0.05) is 23.5 Å². The highest BCUT2D eigenvalue weighted by Crippen LogP contribution is 2.19. The van der Waals surface area contributed by atoms with E-state index in [1.165, 1.54) is 0 Å². The molecule has 1 unspecified atom stereocenters. The number of carbonyl (C=O) groups excluding carboxylic acids is 1. The number of aromatic amines is 1. The zero-order chi connectivity index (χ0) is 16.2. The van der Waals surface area contributed by atoms with E-state index < -0.39 is 11.6 Å². The summed E-state index contributed by atoms with van der Waals surface area (Å²) in [6, 6.07) is 7.97. The number of aryl methyl sites for hydroxylation is 1. The first-order valence-electron chi connectivity index (χ1n) is 7.17. The van der Waals surface area contributed by atoms with Crippen molar-refractivity contribution in [2.45, 2.75) is 31.8 Å². The number of aliphatic hydroxyl groups is 1. The van der Waals surface area contributed by atoms with Crippen molar-refractivity contribution in [1.29, 1.82) is 0 Å². The van der Waals surface area contributed by atoms with Crippen LogP contribution in [0.25, 0.3) is 10.9 Å². The van der Waals surface area contributed by atoms with Crippen LogP contribution in [-0.4, -0.2) is 39.2 Å². The largest absolute Gasteiger partial charge is 0.479 e. The van der Waals surface area contributed by atoms with Crippen molar-refractivity contribution in [3.05, 3.63) is 36.0 Å². The summed E-state index contributed by atoms with van der Waals surface area (Å²) in [5.41, 5.74) is 0.285. The van der Waals surface area contributed by atoms with Crippen molar-refractivity contribution in [3.8, 4) is 0 Å². The van der Waals surface area contributed by atoms with Crippen LogP contribution in [0.1, 0.15) is 25.3 Å². The number of para-hydroxylation sites is 1. The lowest BCUT2D eigenvalue weighted by atomic mass is 10.1. The van der Waals surface area contributed by atoms with Gasteiger partial charge in [-0.1, -0.05) is 18.2 Å². The second-order valence-corrected chi connectivity index (χ2v) is 5.57. The van der Waals surface area contributed by atoms with Crippen LogP contribution in [0.5, 0.6) is 0 Å². The van der Waals surface area contributed by atoms with E-state index in [9.17, 15) is 14.7 Å². The Hall–Kier alpha value is -2.34.